The third kappa shape index (κ3) is 2.89. The molecular weight excluding hydrogens is 234 g/mol. The molecule has 2 rings (SSSR count). The van der Waals surface area contributed by atoms with Gasteiger partial charge in [0.25, 0.3) is 0 Å². The van der Waals surface area contributed by atoms with Gasteiger partial charge in [0.1, 0.15) is 11.7 Å². The minimum Gasteiger partial charge on any atom is -0.299 e. The lowest BCUT2D eigenvalue weighted by molar-refractivity contribution is -0.119. The zero-order valence-electron chi connectivity index (χ0n) is 10.8. The molecule has 2 heteroatoms. The van der Waals surface area contributed by atoms with E-state index in [1.165, 1.54) is 6.92 Å². The van der Waals surface area contributed by atoms with Gasteiger partial charge in [-0.05, 0) is 18.1 Å². The van der Waals surface area contributed by atoms with Crippen molar-refractivity contribution < 1.29 is 4.79 Å². The fourth-order valence-electron chi connectivity index (χ4n) is 2.30. The molecule has 0 N–H and O–H groups in total. The Bertz CT molecular complexity index is 544. The van der Waals surface area contributed by atoms with Crippen LogP contribution in [0.5, 0.6) is 0 Å². The summed E-state index contributed by atoms with van der Waals surface area (Å²) in [7, 11) is 0. The van der Waals surface area contributed by atoms with Gasteiger partial charge in [0, 0.05) is 5.92 Å². The van der Waals surface area contributed by atoms with Crippen LogP contribution >= 0.6 is 0 Å². The molecule has 0 bridgehead atoms. The van der Waals surface area contributed by atoms with Gasteiger partial charge in [0.05, 0.1) is 6.07 Å². The van der Waals surface area contributed by atoms with Crippen molar-refractivity contribution in [3.63, 3.8) is 0 Å². The van der Waals surface area contributed by atoms with Crippen molar-refractivity contribution in [3.8, 4) is 6.07 Å². The SMILES string of the molecule is CC(=O)C(C#N)C(c1ccccc1)c1ccccc1. The highest BCUT2D eigenvalue weighted by atomic mass is 16.1. The van der Waals surface area contributed by atoms with Crippen molar-refractivity contribution in [2.75, 3.05) is 0 Å². The Morgan fingerprint density at radius 2 is 1.37 bits per heavy atom. The molecule has 0 saturated heterocycles. The number of nitrogens with zero attached hydrogens (tertiary/aromatic N) is 1. The molecule has 0 spiro atoms. The van der Waals surface area contributed by atoms with Crippen molar-refractivity contribution in [1.29, 1.82) is 5.26 Å². The summed E-state index contributed by atoms with van der Waals surface area (Å²) in [6, 6.07) is 21.6. The van der Waals surface area contributed by atoms with E-state index >= 15 is 0 Å². The van der Waals surface area contributed by atoms with Crippen LogP contribution in [0.1, 0.15) is 24.0 Å². The van der Waals surface area contributed by atoms with Crippen molar-refractivity contribution in [2.24, 2.45) is 5.92 Å². The summed E-state index contributed by atoms with van der Waals surface area (Å²) in [5.74, 6) is -0.949. The van der Waals surface area contributed by atoms with Crippen molar-refractivity contribution in [2.45, 2.75) is 12.8 Å². The molecule has 0 aliphatic carbocycles. The number of carbonyl (C=O) groups excluding carboxylic acids is 1. The van der Waals surface area contributed by atoms with Crippen LogP contribution in [0.2, 0.25) is 0 Å². The Morgan fingerprint density at radius 1 is 0.947 bits per heavy atom. The molecule has 2 nitrogen and oxygen atoms in total. The average Bonchev–Trinajstić information content (AvgIpc) is 2.46. The predicted octanol–water partition coefficient (Wildman–Crippen LogP) is 3.55. The quantitative estimate of drug-likeness (QED) is 0.831. The molecule has 2 aromatic carbocycles. The van der Waals surface area contributed by atoms with Gasteiger partial charge in [0.2, 0.25) is 0 Å². The lowest BCUT2D eigenvalue weighted by Crippen LogP contribution is -2.19. The maximum Gasteiger partial charge on any atom is 0.147 e. The maximum absolute atomic E-state index is 11.7. The molecule has 0 saturated carbocycles. The second kappa shape index (κ2) is 5.97. The van der Waals surface area contributed by atoms with E-state index in [0.717, 1.165) is 11.1 Å². The molecule has 94 valence electrons. The maximum atomic E-state index is 11.7. The molecular formula is C17H15NO. The molecule has 0 aliphatic heterocycles. The summed E-state index contributed by atoms with van der Waals surface area (Å²) >= 11 is 0. The van der Waals surface area contributed by atoms with Crippen LogP contribution in [0.4, 0.5) is 0 Å². The summed E-state index contributed by atoms with van der Waals surface area (Å²) in [6.45, 7) is 1.48. The van der Waals surface area contributed by atoms with Gasteiger partial charge in [-0.1, -0.05) is 60.7 Å². The van der Waals surface area contributed by atoms with E-state index in [-0.39, 0.29) is 11.7 Å². The monoisotopic (exact) mass is 249 g/mol. The fraction of sp³-hybridized carbons (Fsp3) is 0.176. The average molecular weight is 249 g/mol. The van der Waals surface area contributed by atoms with E-state index in [9.17, 15) is 10.1 Å². The topological polar surface area (TPSA) is 40.9 Å². The number of hydrogen-bond acceptors (Lipinski definition) is 2. The zero-order chi connectivity index (χ0) is 13.7. The second-order valence-corrected chi connectivity index (χ2v) is 4.52. The first-order valence-corrected chi connectivity index (χ1v) is 6.24. The van der Waals surface area contributed by atoms with E-state index in [4.69, 9.17) is 0 Å². The molecule has 1 unspecified atom stereocenters. The first-order valence-electron chi connectivity index (χ1n) is 6.24. The van der Waals surface area contributed by atoms with Gasteiger partial charge in [0.15, 0.2) is 0 Å². The standard InChI is InChI=1S/C17H15NO/c1-13(19)16(12-18)17(14-8-4-2-5-9-14)15-10-6-3-7-11-15/h2-11,16-17H,1H3. The first kappa shape index (κ1) is 13.0. The number of Topliss-reactive ketones (excluding diaryl/α,β-unsaturated/α-hetero) is 1. The van der Waals surface area contributed by atoms with Gasteiger partial charge < -0.3 is 0 Å². The third-order valence-electron chi connectivity index (χ3n) is 3.23. The molecule has 0 aliphatic rings. The molecule has 2 aromatic rings. The van der Waals surface area contributed by atoms with E-state index < -0.39 is 5.92 Å². The van der Waals surface area contributed by atoms with Crippen molar-refractivity contribution >= 4 is 5.78 Å². The van der Waals surface area contributed by atoms with Crippen LogP contribution in [-0.4, -0.2) is 5.78 Å². The van der Waals surface area contributed by atoms with Crippen LogP contribution in [0, 0.1) is 17.2 Å². The van der Waals surface area contributed by atoms with Crippen LogP contribution in [0.25, 0.3) is 0 Å². The number of rotatable bonds is 4. The molecule has 0 fully saturated rings. The Morgan fingerprint density at radius 3 is 1.68 bits per heavy atom. The van der Waals surface area contributed by atoms with Crippen molar-refractivity contribution in [1.82, 2.24) is 0 Å². The summed E-state index contributed by atoms with van der Waals surface area (Å²) in [5.41, 5.74) is 1.99. The Balaban J connectivity index is 2.52. The minimum atomic E-state index is -0.648. The molecule has 19 heavy (non-hydrogen) atoms. The molecule has 0 amide bonds. The number of benzene rings is 2. The van der Waals surface area contributed by atoms with E-state index in [2.05, 4.69) is 6.07 Å². The Hall–Kier alpha value is -2.40. The third-order valence-corrected chi connectivity index (χ3v) is 3.23. The Labute approximate surface area is 113 Å². The normalized spacial score (nSPS) is 11.8. The van der Waals surface area contributed by atoms with Gasteiger partial charge in [-0.2, -0.15) is 5.26 Å². The molecule has 0 radical (unpaired) electrons. The van der Waals surface area contributed by atoms with Crippen LogP contribution in [-0.2, 0) is 4.79 Å². The number of nitriles is 1. The number of ketones is 1. The van der Waals surface area contributed by atoms with E-state index in [0.29, 0.717) is 0 Å². The number of hydrogen-bond donors (Lipinski definition) is 0. The highest BCUT2D eigenvalue weighted by Crippen LogP contribution is 2.32. The molecule has 0 heterocycles. The summed E-state index contributed by atoms with van der Waals surface area (Å²) in [4.78, 5) is 11.7. The minimum absolute atomic E-state index is 0.0970. The largest absolute Gasteiger partial charge is 0.299 e. The predicted molar refractivity (Wildman–Crippen MR) is 74.5 cm³/mol. The zero-order valence-corrected chi connectivity index (χ0v) is 10.8. The summed E-state index contributed by atoms with van der Waals surface area (Å²) < 4.78 is 0. The molecule has 1 atom stereocenters. The highest BCUT2D eigenvalue weighted by Gasteiger charge is 2.28. The van der Waals surface area contributed by atoms with E-state index in [1.807, 2.05) is 60.7 Å². The van der Waals surface area contributed by atoms with Crippen LogP contribution in [0.15, 0.2) is 60.7 Å². The summed E-state index contributed by atoms with van der Waals surface area (Å²) in [5, 5.41) is 9.32. The van der Waals surface area contributed by atoms with Gasteiger partial charge in [-0.3, -0.25) is 4.79 Å². The fourth-order valence-corrected chi connectivity index (χ4v) is 2.30. The van der Waals surface area contributed by atoms with Crippen molar-refractivity contribution in [3.05, 3.63) is 71.8 Å². The van der Waals surface area contributed by atoms with E-state index in [1.54, 1.807) is 0 Å². The Kier molecular flexibility index (Phi) is 4.10. The lowest BCUT2D eigenvalue weighted by Gasteiger charge is -2.21. The second-order valence-electron chi connectivity index (χ2n) is 4.52. The number of carbonyl (C=O) groups is 1. The van der Waals surface area contributed by atoms with Gasteiger partial charge in [-0.15, -0.1) is 0 Å². The van der Waals surface area contributed by atoms with Crippen LogP contribution in [0.3, 0.4) is 0 Å². The molecule has 0 aromatic heterocycles. The first-order chi connectivity index (χ1) is 9.24. The highest BCUT2D eigenvalue weighted by molar-refractivity contribution is 5.82. The van der Waals surface area contributed by atoms with Crippen LogP contribution < -0.4 is 0 Å². The van der Waals surface area contributed by atoms with Gasteiger partial charge in [-0.25, -0.2) is 0 Å². The van der Waals surface area contributed by atoms with Gasteiger partial charge >= 0.3 is 0 Å². The lowest BCUT2D eigenvalue weighted by atomic mass is 9.80. The smallest absolute Gasteiger partial charge is 0.147 e. The summed E-state index contributed by atoms with van der Waals surface area (Å²) in [6.07, 6.45) is 0.